The molecular formula is C30H54O6Si5. The first-order valence-corrected chi connectivity index (χ1v) is 31.8. The topological polar surface area (TPSA) is 55.4 Å². The Morgan fingerprint density at radius 1 is 0.561 bits per heavy atom. The molecule has 1 aliphatic heterocycles. The molecule has 2 atom stereocenters. The molecule has 3 rings (SSSR count). The zero-order valence-electron chi connectivity index (χ0n) is 28.2. The smallest absolute Gasteiger partial charge is 0.242 e. The predicted octanol–water partition coefficient (Wildman–Crippen LogP) is 9.44. The second kappa shape index (κ2) is 11.9. The van der Waals surface area contributed by atoms with Crippen LogP contribution in [0.4, 0.5) is 0 Å². The maximum atomic E-state index is 6.90. The Hall–Kier alpha value is -1.52. The molecule has 0 spiro atoms. The molecule has 0 saturated heterocycles. The lowest BCUT2D eigenvalue weighted by atomic mass is 9.94. The summed E-state index contributed by atoms with van der Waals surface area (Å²) in [5.41, 5.74) is 2.09. The molecule has 0 fully saturated rings. The molecule has 6 nitrogen and oxygen atoms in total. The van der Waals surface area contributed by atoms with Crippen LogP contribution in [0.1, 0.15) is 17.2 Å². The van der Waals surface area contributed by atoms with Gasteiger partial charge in [-0.2, -0.15) is 0 Å². The maximum Gasteiger partial charge on any atom is 0.242 e. The van der Waals surface area contributed by atoms with E-state index in [0.29, 0.717) is 6.42 Å². The van der Waals surface area contributed by atoms with E-state index in [9.17, 15) is 0 Å². The van der Waals surface area contributed by atoms with Gasteiger partial charge in [0.05, 0.1) is 6.10 Å². The highest BCUT2D eigenvalue weighted by atomic mass is 28.4. The molecule has 2 aromatic carbocycles. The van der Waals surface area contributed by atoms with E-state index in [1.807, 2.05) is 6.07 Å². The predicted molar refractivity (Wildman–Crippen MR) is 184 cm³/mol. The summed E-state index contributed by atoms with van der Waals surface area (Å²) in [6.45, 7) is 33.1. The van der Waals surface area contributed by atoms with Crippen molar-refractivity contribution in [3.05, 3.63) is 41.5 Å². The van der Waals surface area contributed by atoms with Gasteiger partial charge in [0.25, 0.3) is 0 Å². The Morgan fingerprint density at radius 2 is 1.07 bits per heavy atom. The average molecular weight is 651 g/mol. The molecule has 0 saturated carbocycles. The van der Waals surface area contributed by atoms with Crippen LogP contribution in [0.25, 0.3) is 0 Å². The minimum absolute atomic E-state index is 0.162. The van der Waals surface area contributed by atoms with Gasteiger partial charge < -0.3 is 26.9 Å². The number of fused-ring (bicyclic) bond motifs is 1. The molecular weight excluding hydrogens is 597 g/mol. The van der Waals surface area contributed by atoms with Crippen molar-refractivity contribution in [3.63, 3.8) is 0 Å². The van der Waals surface area contributed by atoms with Gasteiger partial charge in [0.15, 0.2) is 8.32 Å². The van der Waals surface area contributed by atoms with Crippen molar-refractivity contribution in [2.75, 3.05) is 0 Å². The molecule has 11 heteroatoms. The van der Waals surface area contributed by atoms with Crippen molar-refractivity contribution in [3.8, 4) is 28.7 Å². The zero-order chi connectivity index (χ0) is 31.2. The molecule has 1 aliphatic rings. The molecule has 0 N–H and O–H groups in total. The molecule has 0 bridgehead atoms. The van der Waals surface area contributed by atoms with Gasteiger partial charge in [-0.15, -0.1) is 0 Å². The molecule has 0 unspecified atom stereocenters. The first-order valence-electron chi connectivity index (χ1n) is 14.8. The quantitative estimate of drug-likeness (QED) is 0.226. The van der Waals surface area contributed by atoms with Crippen LogP contribution >= 0.6 is 0 Å². The number of ether oxygens (including phenoxy) is 1. The average Bonchev–Trinajstić information content (AvgIpc) is 2.69. The summed E-state index contributed by atoms with van der Waals surface area (Å²) >= 11 is 0. The second-order valence-corrected chi connectivity index (χ2v) is 38.1. The summed E-state index contributed by atoms with van der Waals surface area (Å²) in [4.78, 5) is 0. The van der Waals surface area contributed by atoms with Gasteiger partial charge in [-0.3, -0.25) is 0 Å². The van der Waals surface area contributed by atoms with E-state index in [-0.39, 0.29) is 12.2 Å². The fourth-order valence-electron chi connectivity index (χ4n) is 4.62. The molecule has 0 aromatic heterocycles. The molecule has 0 aliphatic carbocycles. The van der Waals surface area contributed by atoms with Crippen molar-refractivity contribution in [2.24, 2.45) is 0 Å². The SMILES string of the molecule is C[Si](C)(C)Oc1cc2c(c(O[Si](C)(C)C)c1)C[C@H](O[Si](C)(C)C)[C@H](c1ccc(O[Si](C)(C)C)c(O[Si](C)(C)C)c1)O2. The van der Waals surface area contributed by atoms with Gasteiger partial charge in [0, 0.05) is 24.1 Å². The van der Waals surface area contributed by atoms with E-state index in [1.165, 1.54) is 0 Å². The number of hydrogen-bond donors (Lipinski definition) is 0. The van der Waals surface area contributed by atoms with Crippen molar-refractivity contribution >= 4 is 41.6 Å². The summed E-state index contributed by atoms with van der Waals surface area (Å²) in [5.74, 6) is 4.08. The summed E-state index contributed by atoms with van der Waals surface area (Å²) < 4.78 is 39.9. The summed E-state index contributed by atoms with van der Waals surface area (Å²) in [6.07, 6.45) is 0.237. The van der Waals surface area contributed by atoms with Crippen molar-refractivity contribution in [1.82, 2.24) is 0 Å². The largest absolute Gasteiger partial charge is 0.544 e. The van der Waals surface area contributed by atoms with Crippen LogP contribution < -0.4 is 22.4 Å². The Balaban J connectivity index is 2.16. The standard InChI is InChI=1S/C30H54O6Si5/c1-37(2,3)32-23-19-26-24(27(20-23)34-39(7,8)9)21-29(36-41(13,14)15)30(31-26)22-16-17-25(33-38(4,5)6)28(18-22)35-40(10,11)12/h16-20,29-30H,21H2,1-15H3/t29-,30-/m0/s1. The van der Waals surface area contributed by atoms with E-state index in [4.69, 9.17) is 26.9 Å². The number of benzene rings is 2. The van der Waals surface area contributed by atoms with Crippen LogP contribution in [0.15, 0.2) is 30.3 Å². The van der Waals surface area contributed by atoms with Crippen molar-refractivity contribution in [1.29, 1.82) is 0 Å². The summed E-state index contributed by atoms with van der Waals surface area (Å²) in [6, 6.07) is 10.4. The maximum absolute atomic E-state index is 6.90. The Labute approximate surface area is 254 Å². The first-order chi connectivity index (χ1) is 18.4. The Kier molecular flexibility index (Phi) is 9.84. The molecule has 230 valence electrons. The lowest BCUT2D eigenvalue weighted by Gasteiger charge is -2.39. The second-order valence-electron chi connectivity index (χ2n) is 16.0. The summed E-state index contributed by atoms with van der Waals surface area (Å²) in [7, 11) is -9.42. The van der Waals surface area contributed by atoms with Gasteiger partial charge in [0.1, 0.15) is 34.9 Å². The monoisotopic (exact) mass is 650 g/mol. The van der Waals surface area contributed by atoms with Crippen molar-refractivity contribution < 1.29 is 26.9 Å². The summed E-state index contributed by atoms with van der Waals surface area (Å²) in [5, 5.41) is 0. The number of rotatable bonds is 11. The highest BCUT2D eigenvalue weighted by molar-refractivity contribution is 6.72. The van der Waals surface area contributed by atoms with Crippen LogP contribution in [-0.4, -0.2) is 47.7 Å². The fourth-order valence-corrected chi connectivity index (χ4v) is 9.05. The first kappa shape index (κ1) is 34.0. The zero-order valence-corrected chi connectivity index (χ0v) is 33.2. The Morgan fingerprint density at radius 3 is 1.59 bits per heavy atom. The van der Waals surface area contributed by atoms with Crippen LogP contribution in [-0.2, 0) is 10.8 Å². The lowest BCUT2D eigenvalue weighted by Crippen LogP contribution is -2.41. The van der Waals surface area contributed by atoms with Gasteiger partial charge >= 0.3 is 0 Å². The van der Waals surface area contributed by atoms with E-state index in [0.717, 1.165) is 39.9 Å². The van der Waals surface area contributed by atoms with Gasteiger partial charge in [0.2, 0.25) is 33.3 Å². The van der Waals surface area contributed by atoms with E-state index < -0.39 is 41.6 Å². The van der Waals surface area contributed by atoms with Crippen LogP contribution in [0.5, 0.6) is 28.7 Å². The third kappa shape index (κ3) is 10.9. The van der Waals surface area contributed by atoms with Gasteiger partial charge in [-0.05, 0) is 116 Å². The molecule has 1 heterocycles. The van der Waals surface area contributed by atoms with Crippen LogP contribution in [0.3, 0.4) is 0 Å². The van der Waals surface area contributed by atoms with Crippen molar-refractivity contribution in [2.45, 2.75) is 117 Å². The van der Waals surface area contributed by atoms with Gasteiger partial charge in [-0.25, -0.2) is 0 Å². The molecule has 0 radical (unpaired) electrons. The normalized spacial score (nSPS) is 18.3. The third-order valence-electron chi connectivity index (χ3n) is 5.61. The molecule has 0 amide bonds. The lowest BCUT2D eigenvalue weighted by molar-refractivity contribution is 0.0320. The van der Waals surface area contributed by atoms with E-state index in [2.05, 4.69) is 122 Å². The molecule has 41 heavy (non-hydrogen) atoms. The van der Waals surface area contributed by atoms with Crippen LogP contribution in [0, 0.1) is 0 Å². The van der Waals surface area contributed by atoms with E-state index in [1.54, 1.807) is 0 Å². The highest BCUT2D eigenvalue weighted by Crippen LogP contribution is 2.46. The van der Waals surface area contributed by atoms with E-state index >= 15 is 0 Å². The number of hydrogen-bond acceptors (Lipinski definition) is 6. The highest BCUT2D eigenvalue weighted by Gasteiger charge is 2.39. The van der Waals surface area contributed by atoms with Gasteiger partial charge in [-0.1, -0.05) is 6.07 Å². The Bertz CT molecular complexity index is 1220. The third-order valence-corrected chi connectivity index (χ3v) is 9.97. The minimum Gasteiger partial charge on any atom is -0.544 e. The fraction of sp³-hybridized carbons (Fsp3) is 0.600. The minimum atomic E-state index is -1.92. The van der Waals surface area contributed by atoms with Crippen LogP contribution in [0.2, 0.25) is 98.2 Å². The molecule has 2 aromatic rings.